The van der Waals surface area contributed by atoms with Crippen LogP contribution in [0.2, 0.25) is 0 Å². The molecule has 0 spiro atoms. The zero-order chi connectivity index (χ0) is 13.9. The van der Waals surface area contributed by atoms with Gasteiger partial charge in [0.2, 0.25) is 0 Å². The minimum absolute atomic E-state index is 0.106. The zero-order valence-corrected chi connectivity index (χ0v) is 11.7. The van der Waals surface area contributed by atoms with Gasteiger partial charge in [-0.15, -0.1) is 0 Å². The number of Topliss-reactive ketones (excluding diaryl/α,β-unsaturated/α-hetero) is 1. The molecule has 1 aromatic carbocycles. The molecule has 0 atom stereocenters. The molecule has 1 heterocycles. The smallest absolute Gasteiger partial charge is 0.151 e. The number of hydrogen-bond acceptors (Lipinski definition) is 3. The molecule has 0 amide bonds. The second kappa shape index (κ2) is 6.02. The summed E-state index contributed by atoms with van der Waals surface area (Å²) in [6, 6.07) is 7.35. The van der Waals surface area contributed by atoms with Crippen LogP contribution >= 0.6 is 0 Å². The second-order valence-corrected chi connectivity index (χ2v) is 5.85. The third-order valence-corrected chi connectivity index (χ3v) is 4.22. The summed E-state index contributed by atoms with van der Waals surface area (Å²) in [5.74, 6) is -0.172. The van der Waals surface area contributed by atoms with E-state index in [1.165, 1.54) is 18.9 Å². The molecular formula is C16H21FN2O. The van der Waals surface area contributed by atoms with Crippen LogP contribution in [0.4, 0.5) is 4.39 Å². The van der Waals surface area contributed by atoms with Crippen LogP contribution in [-0.4, -0.2) is 54.3 Å². The molecule has 1 aliphatic carbocycles. The third-order valence-electron chi connectivity index (χ3n) is 4.22. The van der Waals surface area contributed by atoms with Crippen LogP contribution in [0.15, 0.2) is 24.3 Å². The van der Waals surface area contributed by atoms with Crippen LogP contribution in [-0.2, 0) is 11.2 Å². The molecule has 1 aliphatic heterocycles. The van der Waals surface area contributed by atoms with Gasteiger partial charge in [-0.3, -0.25) is 14.6 Å². The first-order valence-electron chi connectivity index (χ1n) is 7.44. The van der Waals surface area contributed by atoms with Crippen molar-refractivity contribution in [3.63, 3.8) is 0 Å². The lowest BCUT2D eigenvalue weighted by molar-refractivity contribution is -0.120. The van der Waals surface area contributed by atoms with E-state index in [4.69, 9.17) is 0 Å². The maximum absolute atomic E-state index is 13.5. The molecule has 2 aliphatic rings. The van der Waals surface area contributed by atoms with Gasteiger partial charge in [0.15, 0.2) is 5.78 Å². The number of carbonyl (C=O) groups is 1. The maximum atomic E-state index is 13.5. The average molecular weight is 276 g/mol. The highest BCUT2D eigenvalue weighted by molar-refractivity contribution is 5.82. The number of piperazine rings is 1. The molecule has 0 bridgehead atoms. The molecule has 3 nitrogen and oxygen atoms in total. The second-order valence-electron chi connectivity index (χ2n) is 5.85. The highest BCUT2D eigenvalue weighted by Gasteiger charge is 2.31. The first-order valence-corrected chi connectivity index (χ1v) is 7.44. The Morgan fingerprint density at radius 1 is 1.15 bits per heavy atom. The molecular weight excluding hydrogens is 255 g/mol. The molecule has 0 radical (unpaired) electrons. The lowest BCUT2D eigenvalue weighted by atomic mass is 10.1. The van der Waals surface area contributed by atoms with E-state index < -0.39 is 0 Å². The summed E-state index contributed by atoms with van der Waals surface area (Å²) in [4.78, 5) is 16.8. The number of rotatable bonds is 5. The summed E-state index contributed by atoms with van der Waals surface area (Å²) in [6.45, 7) is 4.50. The van der Waals surface area contributed by atoms with Crippen LogP contribution in [0.25, 0.3) is 0 Å². The first-order chi connectivity index (χ1) is 9.72. The lowest BCUT2D eigenvalue weighted by Crippen LogP contribution is -2.48. The highest BCUT2D eigenvalue weighted by Crippen LogP contribution is 2.27. The van der Waals surface area contributed by atoms with Crippen LogP contribution in [0.3, 0.4) is 0 Å². The third kappa shape index (κ3) is 3.44. The van der Waals surface area contributed by atoms with E-state index in [9.17, 15) is 9.18 Å². The quantitative estimate of drug-likeness (QED) is 0.818. The summed E-state index contributed by atoms with van der Waals surface area (Å²) in [6.07, 6.45) is 2.88. The van der Waals surface area contributed by atoms with Crippen molar-refractivity contribution in [1.29, 1.82) is 0 Å². The summed E-state index contributed by atoms with van der Waals surface area (Å²) in [5.41, 5.74) is 0.508. The van der Waals surface area contributed by atoms with Crippen LogP contribution in [0.5, 0.6) is 0 Å². The van der Waals surface area contributed by atoms with Crippen molar-refractivity contribution in [3.05, 3.63) is 35.6 Å². The Kier molecular flexibility index (Phi) is 4.13. The Hall–Kier alpha value is -1.26. The van der Waals surface area contributed by atoms with Crippen molar-refractivity contribution in [2.24, 2.45) is 0 Å². The Balaban J connectivity index is 1.46. The number of ketones is 1. The van der Waals surface area contributed by atoms with Crippen molar-refractivity contribution >= 4 is 5.78 Å². The van der Waals surface area contributed by atoms with Gasteiger partial charge in [0.1, 0.15) is 5.82 Å². The van der Waals surface area contributed by atoms with Crippen molar-refractivity contribution in [1.82, 2.24) is 9.80 Å². The van der Waals surface area contributed by atoms with E-state index in [-0.39, 0.29) is 18.0 Å². The summed E-state index contributed by atoms with van der Waals surface area (Å²) < 4.78 is 13.5. The molecule has 1 saturated carbocycles. The van der Waals surface area contributed by atoms with Crippen molar-refractivity contribution in [3.8, 4) is 0 Å². The maximum Gasteiger partial charge on any atom is 0.151 e. The van der Waals surface area contributed by atoms with Gasteiger partial charge >= 0.3 is 0 Å². The lowest BCUT2D eigenvalue weighted by Gasteiger charge is -2.34. The van der Waals surface area contributed by atoms with E-state index in [2.05, 4.69) is 9.80 Å². The van der Waals surface area contributed by atoms with E-state index >= 15 is 0 Å². The SMILES string of the molecule is O=C(Cc1ccccc1F)CN1CCN(C2CC2)CC1. The Morgan fingerprint density at radius 2 is 1.85 bits per heavy atom. The highest BCUT2D eigenvalue weighted by atomic mass is 19.1. The first kappa shape index (κ1) is 13.7. The number of halogens is 1. The summed E-state index contributed by atoms with van der Waals surface area (Å²) in [7, 11) is 0. The van der Waals surface area contributed by atoms with Gasteiger partial charge in [0.05, 0.1) is 6.54 Å². The molecule has 1 saturated heterocycles. The molecule has 108 valence electrons. The van der Waals surface area contributed by atoms with E-state index in [1.807, 2.05) is 0 Å². The molecule has 4 heteroatoms. The minimum Gasteiger partial charge on any atom is -0.298 e. The topological polar surface area (TPSA) is 23.6 Å². The number of benzene rings is 1. The van der Waals surface area contributed by atoms with Gasteiger partial charge < -0.3 is 0 Å². The fourth-order valence-electron chi connectivity index (χ4n) is 2.89. The largest absolute Gasteiger partial charge is 0.298 e. The van der Waals surface area contributed by atoms with Gasteiger partial charge in [0.25, 0.3) is 0 Å². The molecule has 20 heavy (non-hydrogen) atoms. The average Bonchev–Trinajstić information content (AvgIpc) is 3.27. The van der Waals surface area contributed by atoms with Crippen molar-refractivity contribution in [2.45, 2.75) is 25.3 Å². The van der Waals surface area contributed by atoms with E-state index in [1.54, 1.807) is 18.2 Å². The van der Waals surface area contributed by atoms with Crippen molar-refractivity contribution < 1.29 is 9.18 Å². The summed E-state index contributed by atoms with van der Waals surface area (Å²) >= 11 is 0. The van der Waals surface area contributed by atoms with E-state index in [0.717, 1.165) is 32.2 Å². The number of hydrogen-bond donors (Lipinski definition) is 0. The normalized spacial score (nSPS) is 21.1. The Morgan fingerprint density at radius 3 is 2.50 bits per heavy atom. The Bertz CT molecular complexity index is 479. The minimum atomic E-state index is -0.278. The summed E-state index contributed by atoms with van der Waals surface area (Å²) in [5, 5.41) is 0. The van der Waals surface area contributed by atoms with Gasteiger partial charge in [-0.1, -0.05) is 18.2 Å². The van der Waals surface area contributed by atoms with Gasteiger partial charge in [-0.25, -0.2) is 4.39 Å². The van der Waals surface area contributed by atoms with Crippen LogP contribution in [0.1, 0.15) is 18.4 Å². The molecule has 0 unspecified atom stereocenters. The van der Waals surface area contributed by atoms with Crippen LogP contribution in [0, 0.1) is 5.82 Å². The molecule has 2 fully saturated rings. The van der Waals surface area contributed by atoms with Gasteiger partial charge in [0, 0.05) is 38.6 Å². The Labute approximate surface area is 119 Å². The predicted octanol–water partition coefficient (Wildman–Crippen LogP) is 1.72. The standard InChI is InChI=1S/C16H21FN2O/c17-16-4-2-1-3-13(16)11-15(20)12-18-7-9-19(10-8-18)14-5-6-14/h1-4,14H,5-12H2. The number of carbonyl (C=O) groups excluding carboxylic acids is 1. The fourth-order valence-corrected chi connectivity index (χ4v) is 2.89. The number of nitrogens with zero attached hydrogens (tertiary/aromatic N) is 2. The van der Waals surface area contributed by atoms with E-state index in [0.29, 0.717) is 12.1 Å². The zero-order valence-electron chi connectivity index (χ0n) is 11.7. The van der Waals surface area contributed by atoms with Crippen molar-refractivity contribution in [2.75, 3.05) is 32.7 Å². The van der Waals surface area contributed by atoms with Crippen LogP contribution < -0.4 is 0 Å². The van der Waals surface area contributed by atoms with Gasteiger partial charge in [-0.05, 0) is 24.5 Å². The molecule has 0 aromatic heterocycles. The molecule has 3 rings (SSSR count). The van der Waals surface area contributed by atoms with Gasteiger partial charge in [-0.2, -0.15) is 0 Å². The monoisotopic (exact) mass is 276 g/mol. The predicted molar refractivity (Wildman–Crippen MR) is 76.1 cm³/mol. The molecule has 1 aromatic rings. The molecule has 0 N–H and O–H groups in total. The fraction of sp³-hybridized carbons (Fsp3) is 0.562.